The smallest absolute Gasteiger partial charge is 0.301 e. The van der Waals surface area contributed by atoms with Crippen molar-refractivity contribution in [3.8, 4) is 0 Å². The number of nitrogens with one attached hydrogen (secondary N) is 1. The molecule has 0 bridgehead atoms. The third-order valence-corrected chi connectivity index (χ3v) is 3.99. The van der Waals surface area contributed by atoms with Gasteiger partial charge in [0.2, 0.25) is 0 Å². The Kier molecular flexibility index (Phi) is 5.06. The summed E-state index contributed by atoms with van der Waals surface area (Å²) >= 11 is 0. The van der Waals surface area contributed by atoms with Crippen LogP contribution < -0.4 is 10.5 Å². The van der Waals surface area contributed by atoms with Crippen LogP contribution in [0.3, 0.4) is 0 Å². The van der Waals surface area contributed by atoms with Gasteiger partial charge in [-0.25, -0.2) is 4.39 Å². The van der Waals surface area contributed by atoms with Gasteiger partial charge >= 0.3 is 10.2 Å². The zero-order valence-corrected chi connectivity index (χ0v) is 11.3. The number of nitrogens with zero attached hydrogens (tertiary/aromatic N) is 1. The number of rotatable bonds is 6. The van der Waals surface area contributed by atoms with Gasteiger partial charge in [0.1, 0.15) is 5.82 Å². The number of hydrogen-bond donors (Lipinski definition) is 2. The Balaban J connectivity index is 2.78. The van der Waals surface area contributed by atoms with Gasteiger partial charge in [0, 0.05) is 13.6 Å². The maximum absolute atomic E-state index is 13.1. The number of nitrogens with two attached hydrogens (primary N) is 1. The number of aryl methyl sites for hydroxylation is 1. The van der Waals surface area contributed by atoms with E-state index in [0.29, 0.717) is 30.8 Å². The molecule has 1 rings (SSSR count). The molecule has 0 aliphatic heterocycles. The number of benzene rings is 1. The van der Waals surface area contributed by atoms with E-state index in [0.717, 1.165) is 0 Å². The number of halogens is 1. The summed E-state index contributed by atoms with van der Waals surface area (Å²) in [5, 5.41) is 0. The summed E-state index contributed by atoms with van der Waals surface area (Å²) in [6, 6.07) is 4.06. The normalized spacial score (nSPS) is 11.8. The van der Waals surface area contributed by atoms with E-state index in [1.165, 1.54) is 29.6 Å². The van der Waals surface area contributed by atoms with Crippen LogP contribution in [0.15, 0.2) is 18.2 Å². The summed E-state index contributed by atoms with van der Waals surface area (Å²) in [7, 11) is -2.14. The van der Waals surface area contributed by atoms with Gasteiger partial charge in [0.05, 0.1) is 5.69 Å². The fraction of sp³-hybridized carbons (Fsp3) is 0.455. The topological polar surface area (TPSA) is 75.4 Å². The van der Waals surface area contributed by atoms with Crippen LogP contribution >= 0.6 is 0 Å². The summed E-state index contributed by atoms with van der Waals surface area (Å²) in [6.45, 7) is 2.34. The second-order valence-corrected chi connectivity index (χ2v) is 5.81. The van der Waals surface area contributed by atoms with Crippen molar-refractivity contribution in [1.29, 1.82) is 0 Å². The van der Waals surface area contributed by atoms with Crippen molar-refractivity contribution in [3.05, 3.63) is 29.6 Å². The van der Waals surface area contributed by atoms with Crippen molar-refractivity contribution in [2.45, 2.75) is 13.3 Å². The minimum Gasteiger partial charge on any atom is -0.330 e. The molecule has 0 heterocycles. The molecule has 1 aromatic carbocycles. The predicted molar refractivity (Wildman–Crippen MR) is 70.0 cm³/mol. The lowest BCUT2D eigenvalue weighted by Gasteiger charge is -2.18. The average Bonchev–Trinajstić information content (AvgIpc) is 2.30. The molecule has 3 N–H and O–H groups in total. The highest BCUT2D eigenvalue weighted by Crippen LogP contribution is 2.15. The van der Waals surface area contributed by atoms with Gasteiger partial charge in [-0.15, -0.1) is 0 Å². The molecular formula is C11H18FN3O2S. The van der Waals surface area contributed by atoms with Crippen molar-refractivity contribution in [2.24, 2.45) is 5.73 Å². The second kappa shape index (κ2) is 6.12. The van der Waals surface area contributed by atoms with E-state index in [-0.39, 0.29) is 5.82 Å². The largest absolute Gasteiger partial charge is 0.330 e. The first-order valence-electron chi connectivity index (χ1n) is 5.57. The average molecular weight is 275 g/mol. The van der Waals surface area contributed by atoms with Crippen molar-refractivity contribution < 1.29 is 12.8 Å². The Labute approximate surface area is 107 Å². The highest BCUT2D eigenvalue weighted by Gasteiger charge is 2.17. The maximum atomic E-state index is 13.1. The fourth-order valence-electron chi connectivity index (χ4n) is 1.37. The molecule has 0 amide bonds. The third-order valence-electron chi connectivity index (χ3n) is 2.49. The zero-order chi connectivity index (χ0) is 13.8. The molecule has 5 nitrogen and oxygen atoms in total. The van der Waals surface area contributed by atoms with Gasteiger partial charge in [0.15, 0.2) is 0 Å². The highest BCUT2D eigenvalue weighted by atomic mass is 32.2. The Bertz CT molecular complexity index is 505. The second-order valence-electron chi connectivity index (χ2n) is 4.03. The lowest BCUT2D eigenvalue weighted by molar-refractivity contribution is 0.468. The van der Waals surface area contributed by atoms with E-state index >= 15 is 0 Å². The molecule has 0 radical (unpaired) electrons. The van der Waals surface area contributed by atoms with Crippen molar-refractivity contribution >= 4 is 15.9 Å². The van der Waals surface area contributed by atoms with Crippen LogP contribution in [-0.2, 0) is 10.2 Å². The minimum absolute atomic E-state index is 0.339. The lowest BCUT2D eigenvalue weighted by Crippen LogP contribution is -2.34. The standard InChI is InChI=1S/C11H18FN3O2S/c1-9-8-10(4-5-11(9)12)14-18(16,17)15(2)7-3-6-13/h4-5,8,14H,3,6-7,13H2,1-2H3. The van der Waals surface area contributed by atoms with E-state index in [2.05, 4.69) is 4.72 Å². The molecule has 0 atom stereocenters. The van der Waals surface area contributed by atoms with Gasteiger partial charge < -0.3 is 5.73 Å². The van der Waals surface area contributed by atoms with E-state index in [4.69, 9.17) is 5.73 Å². The fourth-order valence-corrected chi connectivity index (χ4v) is 2.32. The molecule has 0 aliphatic rings. The highest BCUT2D eigenvalue weighted by molar-refractivity contribution is 7.90. The summed E-state index contributed by atoms with van der Waals surface area (Å²) in [5.41, 5.74) is 6.06. The zero-order valence-electron chi connectivity index (χ0n) is 10.5. The molecule has 1 aromatic rings. The summed E-state index contributed by atoms with van der Waals surface area (Å²) in [6.07, 6.45) is 0.583. The molecule has 7 heteroatoms. The number of anilines is 1. The summed E-state index contributed by atoms with van der Waals surface area (Å²) in [4.78, 5) is 0. The molecule has 0 aromatic heterocycles. The van der Waals surface area contributed by atoms with E-state index in [1.54, 1.807) is 6.92 Å². The molecule has 0 saturated heterocycles. The van der Waals surface area contributed by atoms with E-state index in [1.807, 2.05) is 0 Å². The van der Waals surface area contributed by atoms with Crippen LogP contribution in [0.1, 0.15) is 12.0 Å². The van der Waals surface area contributed by atoms with Crippen molar-refractivity contribution in [1.82, 2.24) is 4.31 Å². The predicted octanol–water partition coefficient (Wildman–Crippen LogP) is 1.07. The van der Waals surface area contributed by atoms with Crippen LogP contribution in [0.25, 0.3) is 0 Å². The van der Waals surface area contributed by atoms with Crippen LogP contribution in [-0.4, -0.2) is 32.9 Å². The Morgan fingerprint density at radius 1 is 1.44 bits per heavy atom. The molecule has 102 valence electrons. The molecule has 18 heavy (non-hydrogen) atoms. The van der Waals surface area contributed by atoms with Gasteiger partial charge in [-0.3, -0.25) is 4.72 Å². The molecule has 0 aliphatic carbocycles. The minimum atomic E-state index is -3.61. The maximum Gasteiger partial charge on any atom is 0.301 e. The first kappa shape index (κ1) is 14.9. The van der Waals surface area contributed by atoms with E-state index < -0.39 is 10.2 Å². The van der Waals surface area contributed by atoms with Gasteiger partial charge in [0.25, 0.3) is 0 Å². The quantitative estimate of drug-likeness (QED) is 0.815. The molecular weight excluding hydrogens is 257 g/mol. The Morgan fingerprint density at radius 2 is 2.11 bits per heavy atom. The molecule has 0 spiro atoms. The van der Waals surface area contributed by atoms with Gasteiger partial charge in [-0.1, -0.05) is 0 Å². The Hall–Kier alpha value is -1.18. The molecule has 0 fully saturated rings. The number of hydrogen-bond acceptors (Lipinski definition) is 3. The van der Waals surface area contributed by atoms with Gasteiger partial charge in [-0.2, -0.15) is 12.7 Å². The van der Waals surface area contributed by atoms with Gasteiger partial charge in [-0.05, 0) is 43.7 Å². The first-order chi connectivity index (χ1) is 8.36. The monoisotopic (exact) mass is 275 g/mol. The molecule has 0 unspecified atom stereocenters. The van der Waals surface area contributed by atoms with Crippen LogP contribution in [0.5, 0.6) is 0 Å². The van der Waals surface area contributed by atoms with Crippen molar-refractivity contribution in [3.63, 3.8) is 0 Å². The Morgan fingerprint density at radius 3 is 2.67 bits per heavy atom. The van der Waals surface area contributed by atoms with Crippen molar-refractivity contribution in [2.75, 3.05) is 24.9 Å². The van der Waals surface area contributed by atoms with Crippen LogP contribution in [0, 0.1) is 12.7 Å². The lowest BCUT2D eigenvalue weighted by atomic mass is 10.2. The third kappa shape index (κ3) is 3.94. The first-order valence-corrected chi connectivity index (χ1v) is 7.01. The van der Waals surface area contributed by atoms with Crippen LogP contribution in [0.4, 0.5) is 10.1 Å². The van der Waals surface area contributed by atoms with E-state index in [9.17, 15) is 12.8 Å². The summed E-state index contributed by atoms with van der Waals surface area (Å²) in [5.74, 6) is -0.366. The molecule has 0 saturated carbocycles. The van der Waals surface area contributed by atoms with Crippen LogP contribution in [0.2, 0.25) is 0 Å². The summed E-state index contributed by atoms with van der Waals surface area (Å²) < 4.78 is 40.4. The SMILES string of the molecule is Cc1cc(NS(=O)(=O)N(C)CCCN)ccc1F.